The largest absolute Gasteiger partial charge is 0.490 e. The van der Waals surface area contributed by atoms with Gasteiger partial charge in [-0.15, -0.1) is 0 Å². The highest BCUT2D eigenvalue weighted by atomic mass is 32.2. The molecule has 0 aromatic heterocycles. The van der Waals surface area contributed by atoms with Crippen LogP contribution in [-0.2, 0) is 9.84 Å². The SMILES string of the molecule is CCCNC1CC(Oc2cccc(S(C)(=O)=O)c2)C1(C)C. The van der Waals surface area contributed by atoms with E-state index in [1.54, 1.807) is 18.2 Å². The van der Waals surface area contributed by atoms with Crippen molar-refractivity contribution in [1.29, 1.82) is 0 Å². The van der Waals surface area contributed by atoms with Gasteiger partial charge in [-0.25, -0.2) is 8.42 Å². The van der Waals surface area contributed by atoms with E-state index in [9.17, 15) is 8.42 Å². The summed E-state index contributed by atoms with van der Waals surface area (Å²) >= 11 is 0. The fourth-order valence-electron chi connectivity index (χ4n) is 2.69. The molecule has 118 valence electrons. The van der Waals surface area contributed by atoms with Crippen molar-refractivity contribution in [2.45, 2.75) is 50.7 Å². The summed E-state index contributed by atoms with van der Waals surface area (Å²) in [6, 6.07) is 7.21. The zero-order chi connectivity index (χ0) is 15.7. The minimum absolute atomic E-state index is 0.0518. The number of ether oxygens (including phenoxy) is 1. The lowest BCUT2D eigenvalue weighted by Gasteiger charge is -2.51. The van der Waals surface area contributed by atoms with E-state index >= 15 is 0 Å². The van der Waals surface area contributed by atoms with Crippen molar-refractivity contribution in [1.82, 2.24) is 5.32 Å². The number of hydrogen-bond donors (Lipinski definition) is 1. The summed E-state index contributed by atoms with van der Waals surface area (Å²) in [5, 5.41) is 3.53. The van der Waals surface area contributed by atoms with Crippen LogP contribution in [-0.4, -0.2) is 33.4 Å². The van der Waals surface area contributed by atoms with Crippen LogP contribution in [0.5, 0.6) is 5.75 Å². The van der Waals surface area contributed by atoms with E-state index in [1.165, 1.54) is 6.26 Å². The van der Waals surface area contributed by atoms with Crippen LogP contribution in [0.25, 0.3) is 0 Å². The fourth-order valence-corrected chi connectivity index (χ4v) is 3.35. The van der Waals surface area contributed by atoms with E-state index in [0.717, 1.165) is 19.4 Å². The molecule has 2 rings (SSSR count). The molecular formula is C16H25NO3S. The molecule has 1 aromatic carbocycles. The second-order valence-electron chi connectivity index (χ2n) is 6.42. The summed E-state index contributed by atoms with van der Waals surface area (Å²) in [5.41, 5.74) is 0.0518. The lowest BCUT2D eigenvalue weighted by molar-refractivity contribution is -0.0547. The van der Waals surface area contributed by atoms with Crippen LogP contribution < -0.4 is 10.1 Å². The minimum atomic E-state index is -3.19. The van der Waals surface area contributed by atoms with Gasteiger partial charge in [0.25, 0.3) is 0 Å². The van der Waals surface area contributed by atoms with Crippen molar-refractivity contribution in [3.05, 3.63) is 24.3 Å². The smallest absolute Gasteiger partial charge is 0.175 e. The van der Waals surface area contributed by atoms with E-state index in [0.29, 0.717) is 16.7 Å². The Labute approximate surface area is 127 Å². The molecule has 0 bridgehead atoms. The van der Waals surface area contributed by atoms with E-state index in [2.05, 4.69) is 26.1 Å². The normalized spacial score (nSPS) is 24.4. The molecule has 0 aliphatic heterocycles. The predicted molar refractivity (Wildman–Crippen MR) is 84.4 cm³/mol. The van der Waals surface area contributed by atoms with E-state index in [1.807, 2.05) is 6.07 Å². The summed E-state index contributed by atoms with van der Waals surface area (Å²) in [6.07, 6.45) is 3.40. The summed E-state index contributed by atoms with van der Waals surface area (Å²) in [7, 11) is -3.19. The molecule has 5 heteroatoms. The number of sulfone groups is 1. The van der Waals surface area contributed by atoms with Crippen molar-refractivity contribution >= 4 is 9.84 Å². The highest BCUT2D eigenvalue weighted by Crippen LogP contribution is 2.43. The monoisotopic (exact) mass is 311 g/mol. The van der Waals surface area contributed by atoms with Crippen molar-refractivity contribution < 1.29 is 13.2 Å². The fraction of sp³-hybridized carbons (Fsp3) is 0.625. The number of rotatable bonds is 6. The standard InChI is InChI=1S/C16H25NO3S/c1-5-9-17-14-11-15(16(14,2)3)20-12-7-6-8-13(10-12)21(4,18)19/h6-8,10,14-15,17H,5,9,11H2,1-4H3. The van der Waals surface area contributed by atoms with Crippen molar-refractivity contribution in [2.75, 3.05) is 12.8 Å². The third-order valence-electron chi connectivity index (χ3n) is 4.33. The van der Waals surface area contributed by atoms with Crippen LogP contribution in [0.4, 0.5) is 0 Å². The van der Waals surface area contributed by atoms with Gasteiger partial charge in [0.15, 0.2) is 9.84 Å². The van der Waals surface area contributed by atoms with E-state index in [4.69, 9.17) is 4.74 Å². The highest BCUT2D eigenvalue weighted by molar-refractivity contribution is 7.90. The van der Waals surface area contributed by atoms with Gasteiger partial charge in [-0.2, -0.15) is 0 Å². The lowest BCUT2D eigenvalue weighted by Crippen LogP contribution is -2.62. The molecule has 1 N–H and O–H groups in total. The van der Waals surface area contributed by atoms with Crippen LogP contribution >= 0.6 is 0 Å². The topological polar surface area (TPSA) is 55.4 Å². The minimum Gasteiger partial charge on any atom is -0.490 e. The summed E-state index contributed by atoms with van der Waals surface area (Å²) in [4.78, 5) is 0.304. The molecule has 1 aliphatic carbocycles. The van der Waals surface area contributed by atoms with Gasteiger partial charge >= 0.3 is 0 Å². The van der Waals surface area contributed by atoms with Crippen molar-refractivity contribution in [3.8, 4) is 5.75 Å². The quantitative estimate of drug-likeness (QED) is 0.877. The van der Waals surface area contributed by atoms with Gasteiger partial charge in [-0.3, -0.25) is 0 Å². The Balaban J connectivity index is 2.04. The first-order chi connectivity index (χ1) is 9.75. The van der Waals surface area contributed by atoms with Gasteiger partial charge in [0.2, 0.25) is 0 Å². The molecule has 1 aromatic rings. The van der Waals surface area contributed by atoms with Crippen molar-refractivity contribution in [2.24, 2.45) is 5.41 Å². The van der Waals surface area contributed by atoms with Crippen molar-refractivity contribution in [3.63, 3.8) is 0 Å². The Morgan fingerprint density at radius 1 is 1.38 bits per heavy atom. The Morgan fingerprint density at radius 3 is 2.67 bits per heavy atom. The first-order valence-corrected chi connectivity index (χ1v) is 9.34. The van der Waals surface area contributed by atoms with Gasteiger partial charge in [0, 0.05) is 24.1 Å². The Kier molecular flexibility index (Phi) is 4.63. The molecule has 2 atom stereocenters. The first-order valence-electron chi connectivity index (χ1n) is 7.45. The van der Waals surface area contributed by atoms with Gasteiger partial charge in [-0.1, -0.05) is 26.8 Å². The maximum Gasteiger partial charge on any atom is 0.175 e. The average Bonchev–Trinajstić information content (AvgIpc) is 2.41. The molecule has 0 amide bonds. The molecule has 0 saturated heterocycles. The summed E-state index contributed by atoms with van der Waals surface area (Å²) in [6.45, 7) is 7.55. The van der Waals surface area contributed by atoms with Gasteiger partial charge < -0.3 is 10.1 Å². The molecular weight excluding hydrogens is 286 g/mol. The molecule has 0 spiro atoms. The first kappa shape index (κ1) is 16.3. The molecule has 1 fully saturated rings. The number of benzene rings is 1. The van der Waals surface area contributed by atoms with Crippen LogP contribution in [0.15, 0.2) is 29.2 Å². The molecule has 0 radical (unpaired) electrons. The second-order valence-corrected chi connectivity index (χ2v) is 8.43. The van der Waals surface area contributed by atoms with Crippen LogP contribution in [0.2, 0.25) is 0 Å². The average molecular weight is 311 g/mol. The highest BCUT2D eigenvalue weighted by Gasteiger charge is 2.49. The maximum atomic E-state index is 11.6. The summed E-state index contributed by atoms with van der Waals surface area (Å²) < 4.78 is 29.2. The van der Waals surface area contributed by atoms with Gasteiger partial charge in [0.1, 0.15) is 11.9 Å². The zero-order valence-electron chi connectivity index (χ0n) is 13.2. The maximum absolute atomic E-state index is 11.6. The zero-order valence-corrected chi connectivity index (χ0v) is 14.0. The van der Waals surface area contributed by atoms with Crippen LogP contribution in [0, 0.1) is 5.41 Å². The predicted octanol–water partition coefficient (Wildman–Crippen LogP) is 2.64. The Hall–Kier alpha value is -1.07. The van der Waals surface area contributed by atoms with E-state index in [-0.39, 0.29) is 11.5 Å². The lowest BCUT2D eigenvalue weighted by atomic mass is 9.64. The molecule has 4 nitrogen and oxygen atoms in total. The summed E-state index contributed by atoms with van der Waals surface area (Å²) in [5.74, 6) is 0.630. The second kappa shape index (κ2) is 5.97. The molecule has 0 heterocycles. The molecule has 21 heavy (non-hydrogen) atoms. The van der Waals surface area contributed by atoms with E-state index < -0.39 is 9.84 Å². The Bertz CT molecular complexity index is 595. The van der Waals surface area contributed by atoms with Gasteiger partial charge in [0.05, 0.1) is 4.90 Å². The van der Waals surface area contributed by atoms with Gasteiger partial charge in [-0.05, 0) is 31.2 Å². The number of hydrogen-bond acceptors (Lipinski definition) is 4. The number of nitrogens with one attached hydrogen (secondary N) is 1. The molecule has 1 aliphatic rings. The van der Waals surface area contributed by atoms with Crippen LogP contribution in [0.1, 0.15) is 33.6 Å². The third-order valence-corrected chi connectivity index (χ3v) is 5.44. The molecule has 1 saturated carbocycles. The van der Waals surface area contributed by atoms with Crippen LogP contribution in [0.3, 0.4) is 0 Å². The molecule has 2 unspecified atom stereocenters. The third kappa shape index (κ3) is 3.58. The Morgan fingerprint density at radius 2 is 2.10 bits per heavy atom.